The Labute approximate surface area is 135 Å². The van der Waals surface area contributed by atoms with Crippen molar-refractivity contribution in [2.45, 2.75) is 25.8 Å². The summed E-state index contributed by atoms with van der Waals surface area (Å²) in [5, 5.41) is 0. The summed E-state index contributed by atoms with van der Waals surface area (Å²) in [7, 11) is 2.08. The number of hydrogen-bond acceptors (Lipinski definition) is 5. The number of amides is 1. The van der Waals surface area contributed by atoms with Crippen molar-refractivity contribution in [1.82, 2.24) is 19.8 Å². The van der Waals surface area contributed by atoms with Gasteiger partial charge >= 0.3 is 0 Å². The van der Waals surface area contributed by atoms with E-state index in [-0.39, 0.29) is 23.4 Å². The molecule has 2 aliphatic rings. The molecule has 2 fully saturated rings. The van der Waals surface area contributed by atoms with Gasteiger partial charge in [-0.3, -0.25) is 9.59 Å². The Morgan fingerprint density at radius 3 is 2.78 bits per heavy atom. The number of aromatic amines is 1. The van der Waals surface area contributed by atoms with E-state index >= 15 is 0 Å². The van der Waals surface area contributed by atoms with Crippen LogP contribution in [0.1, 0.15) is 30.4 Å². The lowest BCUT2D eigenvalue weighted by Crippen LogP contribution is -2.48. The Morgan fingerprint density at radius 2 is 2.09 bits per heavy atom. The molecule has 0 aliphatic carbocycles. The van der Waals surface area contributed by atoms with Gasteiger partial charge in [-0.1, -0.05) is 0 Å². The zero-order chi connectivity index (χ0) is 16.4. The van der Waals surface area contributed by atoms with Gasteiger partial charge in [-0.05, 0) is 39.9 Å². The highest BCUT2D eigenvalue weighted by atomic mass is 16.5. The molecule has 1 atom stereocenters. The van der Waals surface area contributed by atoms with Crippen LogP contribution >= 0.6 is 0 Å². The summed E-state index contributed by atoms with van der Waals surface area (Å²) in [6, 6.07) is 1.21. The first kappa shape index (κ1) is 16.1. The minimum atomic E-state index is -0.267. The highest BCUT2D eigenvalue weighted by Gasteiger charge is 2.35. The third kappa shape index (κ3) is 3.61. The van der Waals surface area contributed by atoms with Crippen LogP contribution in [0.15, 0.2) is 10.9 Å². The summed E-state index contributed by atoms with van der Waals surface area (Å²) in [5.74, 6) is 0.797. The lowest BCUT2D eigenvalue weighted by molar-refractivity contribution is -0.146. The molecular weight excluding hydrogens is 296 g/mol. The third-order valence-electron chi connectivity index (χ3n) is 4.70. The quantitative estimate of drug-likeness (QED) is 0.849. The van der Waals surface area contributed by atoms with Gasteiger partial charge in [0.25, 0.3) is 5.56 Å². The maximum Gasteiger partial charge on any atom is 0.251 e. The monoisotopic (exact) mass is 320 g/mol. The SMILES string of the molecule is Cc1nc([C@H]2COCCN2C(=O)C2CCN(C)CC2)cc(=O)[nH]1. The van der Waals surface area contributed by atoms with Crippen LogP contribution in [-0.4, -0.2) is 65.6 Å². The van der Waals surface area contributed by atoms with Crippen LogP contribution < -0.4 is 5.56 Å². The molecule has 0 spiro atoms. The standard InChI is InChI=1S/C16H24N4O3/c1-11-17-13(9-15(21)18-11)14-10-23-8-7-20(14)16(22)12-3-5-19(2)6-4-12/h9,12,14H,3-8,10H2,1-2H3,(H,17,18,21)/t14-/m1/s1. The van der Waals surface area contributed by atoms with E-state index in [9.17, 15) is 9.59 Å². The van der Waals surface area contributed by atoms with Gasteiger partial charge in [-0.25, -0.2) is 4.98 Å². The Bertz CT molecular complexity index is 622. The molecule has 0 aromatic carbocycles. The predicted octanol–water partition coefficient (Wildman–Crippen LogP) is 0.320. The van der Waals surface area contributed by atoms with Crippen molar-refractivity contribution in [2.75, 3.05) is 39.9 Å². The normalized spacial score (nSPS) is 23.9. The van der Waals surface area contributed by atoms with E-state index in [0.717, 1.165) is 25.9 Å². The molecule has 7 heteroatoms. The maximum absolute atomic E-state index is 13.0. The summed E-state index contributed by atoms with van der Waals surface area (Å²) in [5.41, 5.74) is 0.428. The minimum absolute atomic E-state index is 0.0647. The Morgan fingerprint density at radius 1 is 1.35 bits per heavy atom. The zero-order valence-corrected chi connectivity index (χ0v) is 13.7. The van der Waals surface area contributed by atoms with E-state index < -0.39 is 0 Å². The first-order valence-electron chi connectivity index (χ1n) is 8.19. The number of carbonyl (C=O) groups excluding carboxylic acids is 1. The van der Waals surface area contributed by atoms with Crippen LogP contribution in [0.25, 0.3) is 0 Å². The molecule has 1 amide bonds. The Balaban J connectivity index is 1.81. The van der Waals surface area contributed by atoms with Gasteiger partial charge in [0, 0.05) is 18.5 Å². The van der Waals surface area contributed by atoms with Gasteiger partial charge in [0.05, 0.1) is 24.9 Å². The predicted molar refractivity (Wildman–Crippen MR) is 85.1 cm³/mol. The number of carbonyl (C=O) groups is 1. The van der Waals surface area contributed by atoms with E-state index in [2.05, 4.69) is 21.9 Å². The molecule has 2 saturated heterocycles. The second kappa shape index (κ2) is 6.80. The number of aryl methyl sites for hydroxylation is 1. The van der Waals surface area contributed by atoms with E-state index in [1.165, 1.54) is 6.07 Å². The van der Waals surface area contributed by atoms with Crippen molar-refractivity contribution in [3.63, 3.8) is 0 Å². The van der Waals surface area contributed by atoms with Crippen LogP contribution in [0.2, 0.25) is 0 Å². The number of aromatic nitrogens is 2. The highest BCUT2D eigenvalue weighted by Crippen LogP contribution is 2.27. The summed E-state index contributed by atoms with van der Waals surface area (Å²) >= 11 is 0. The topological polar surface area (TPSA) is 78.5 Å². The fraction of sp³-hybridized carbons (Fsp3) is 0.688. The highest BCUT2D eigenvalue weighted by molar-refractivity contribution is 5.79. The van der Waals surface area contributed by atoms with Crippen molar-refractivity contribution in [1.29, 1.82) is 0 Å². The number of nitrogens with one attached hydrogen (secondary N) is 1. The molecule has 23 heavy (non-hydrogen) atoms. The number of H-pyrrole nitrogens is 1. The summed E-state index contributed by atoms with van der Waals surface area (Å²) in [4.78, 5) is 35.8. The first-order chi connectivity index (χ1) is 11.0. The van der Waals surface area contributed by atoms with Crippen molar-refractivity contribution in [3.8, 4) is 0 Å². The number of hydrogen-bond donors (Lipinski definition) is 1. The minimum Gasteiger partial charge on any atom is -0.377 e. The fourth-order valence-corrected chi connectivity index (χ4v) is 3.38. The number of nitrogens with zero attached hydrogens (tertiary/aromatic N) is 3. The average Bonchev–Trinajstić information content (AvgIpc) is 2.54. The number of piperidine rings is 1. The molecule has 1 aromatic rings. The van der Waals surface area contributed by atoms with E-state index in [1.54, 1.807) is 6.92 Å². The fourth-order valence-electron chi connectivity index (χ4n) is 3.38. The second-order valence-electron chi connectivity index (χ2n) is 6.46. The molecule has 2 aliphatic heterocycles. The first-order valence-corrected chi connectivity index (χ1v) is 8.19. The lowest BCUT2D eigenvalue weighted by Gasteiger charge is -2.39. The summed E-state index contributed by atoms with van der Waals surface area (Å²) in [6.45, 7) is 5.15. The largest absolute Gasteiger partial charge is 0.377 e. The summed E-state index contributed by atoms with van der Waals surface area (Å²) < 4.78 is 5.55. The summed E-state index contributed by atoms with van der Waals surface area (Å²) in [6.07, 6.45) is 1.78. The number of likely N-dealkylation sites (tertiary alicyclic amines) is 1. The molecule has 0 saturated carbocycles. The van der Waals surface area contributed by atoms with Crippen LogP contribution in [0.5, 0.6) is 0 Å². The molecular formula is C16H24N4O3. The van der Waals surface area contributed by atoms with Crippen LogP contribution in [0.4, 0.5) is 0 Å². The van der Waals surface area contributed by atoms with Gasteiger partial charge in [0.2, 0.25) is 5.91 Å². The van der Waals surface area contributed by atoms with Crippen LogP contribution in [0, 0.1) is 12.8 Å². The maximum atomic E-state index is 13.0. The van der Waals surface area contributed by atoms with Gasteiger partial charge < -0.3 is 19.5 Å². The molecule has 7 nitrogen and oxygen atoms in total. The molecule has 1 N–H and O–H groups in total. The molecule has 0 unspecified atom stereocenters. The molecule has 3 heterocycles. The van der Waals surface area contributed by atoms with Crippen molar-refractivity contribution >= 4 is 5.91 Å². The van der Waals surface area contributed by atoms with Gasteiger partial charge in [0.15, 0.2) is 0 Å². The Kier molecular flexibility index (Phi) is 4.77. The van der Waals surface area contributed by atoms with Crippen molar-refractivity contribution in [2.24, 2.45) is 5.92 Å². The van der Waals surface area contributed by atoms with Crippen LogP contribution in [0.3, 0.4) is 0 Å². The molecule has 0 bridgehead atoms. The van der Waals surface area contributed by atoms with E-state index in [1.807, 2.05) is 4.90 Å². The van der Waals surface area contributed by atoms with E-state index in [0.29, 0.717) is 31.3 Å². The van der Waals surface area contributed by atoms with Gasteiger partial charge in [-0.15, -0.1) is 0 Å². The van der Waals surface area contributed by atoms with Crippen molar-refractivity contribution in [3.05, 3.63) is 27.9 Å². The van der Waals surface area contributed by atoms with Gasteiger partial charge in [0.1, 0.15) is 5.82 Å². The van der Waals surface area contributed by atoms with Gasteiger partial charge in [-0.2, -0.15) is 0 Å². The van der Waals surface area contributed by atoms with Crippen molar-refractivity contribution < 1.29 is 9.53 Å². The molecule has 1 aromatic heterocycles. The number of rotatable bonds is 2. The van der Waals surface area contributed by atoms with E-state index in [4.69, 9.17) is 4.74 Å². The molecule has 3 rings (SSSR count). The molecule has 0 radical (unpaired) electrons. The average molecular weight is 320 g/mol. The zero-order valence-electron chi connectivity index (χ0n) is 13.7. The number of ether oxygens (including phenoxy) is 1. The Hall–Kier alpha value is -1.73. The number of morpholine rings is 1. The smallest absolute Gasteiger partial charge is 0.251 e. The third-order valence-corrected chi connectivity index (χ3v) is 4.70. The van der Waals surface area contributed by atoms with Crippen LogP contribution in [-0.2, 0) is 9.53 Å². The lowest BCUT2D eigenvalue weighted by atomic mass is 9.94. The second-order valence-corrected chi connectivity index (χ2v) is 6.46. The molecule has 126 valence electrons.